The van der Waals surface area contributed by atoms with Crippen molar-refractivity contribution in [2.45, 2.75) is 5.92 Å². The predicted octanol–water partition coefficient (Wildman–Crippen LogP) is 14.3. The molecule has 2 nitrogen and oxygen atoms in total. The number of furan rings is 1. The van der Waals surface area contributed by atoms with Crippen molar-refractivity contribution in [3.8, 4) is 39.1 Å². The van der Waals surface area contributed by atoms with E-state index in [2.05, 4.69) is 193 Å². The first kappa shape index (κ1) is 30.3. The summed E-state index contributed by atoms with van der Waals surface area (Å²) in [5.41, 5.74) is 16.9. The average molecular weight is 700 g/mol. The highest BCUT2D eigenvalue weighted by Crippen LogP contribution is 2.49. The van der Waals surface area contributed by atoms with E-state index in [9.17, 15) is 0 Å². The molecule has 1 atom stereocenters. The topological polar surface area (TPSA) is 18.1 Å². The third-order valence-electron chi connectivity index (χ3n) is 11.9. The van der Waals surface area contributed by atoms with Gasteiger partial charge >= 0.3 is 0 Å². The van der Waals surface area contributed by atoms with Crippen LogP contribution in [0.4, 0.5) is 0 Å². The van der Waals surface area contributed by atoms with Crippen molar-refractivity contribution in [3.63, 3.8) is 0 Å². The summed E-state index contributed by atoms with van der Waals surface area (Å²) in [6, 6.07) is 71.1. The maximum atomic E-state index is 6.35. The van der Waals surface area contributed by atoms with E-state index < -0.39 is 0 Å². The van der Waals surface area contributed by atoms with Crippen LogP contribution < -0.4 is 0 Å². The van der Waals surface area contributed by atoms with E-state index in [-0.39, 0.29) is 5.92 Å². The third kappa shape index (κ3) is 4.49. The highest BCUT2D eigenvalue weighted by molar-refractivity contribution is 6.15. The SMILES string of the molecule is c1ccc(C2c3ccccc3-c3ccc(-c4ccc5c6ccccc6n(-c6cc(-c7cccc8oc9ccccc9c78)cc7ccccc67)c5c4)cc32)cc1. The average Bonchev–Trinajstić information content (AvgIpc) is 3.91. The van der Waals surface area contributed by atoms with Crippen molar-refractivity contribution >= 4 is 54.5 Å². The molecule has 0 fully saturated rings. The molecule has 55 heavy (non-hydrogen) atoms. The second kappa shape index (κ2) is 11.7. The van der Waals surface area contributed by atoms with Crippen molar-refractivity contribution in [1.29, 1.82) is 0 Å². The minimum Gasteiger partial charge on any atom is -0.456 e. The van der Waals surface area contributed by atoms with Crippen LogP contribution in [0.15, 0.2) is 199 Å². The number of rotatable bonds is 4. The van der Waals surface area contributed by atoms with Gasteiger partial charge in [-0.25, -0.2) is 0 Å². The van der Waals surface area contributed by atoms with Crippen LogP contribution in [0.1, 0.15) is 22.6 Å². The van der Waals surface area contributed by atoms with Crippen LogP contribution in [0.5, 0.6) is 0 Å². The molecule has 256 valence electrons. The van der Waals surface area contributed by atoms with Crippen LogP contribution in [0.25, 0.3) is 93.6 Å². The van der Waals surface area contributed by atoms with Gasteiger partial charge in [-0.1, -0.05) is 152 Å². The summed E-state index contributed by atoms with van der Waals surface area (Å²) >= 11 is 0. The standard InChI is InChI=1S/C53H33NO/c1-2-13-33(14-3-1)52-44-19-7-6-17-40(44)41-27-25-34(30-46(41)52)35-26-28-43-42-18-8-10-22-47(42)54(49(43)31-35)48-32-37(29-36-15-4-5-16-38(36)48)39-21-12-24-51-53(39)45-20-9-11-23-50(45)55-51/h1-32,52H. The van der Waals surface area contributed by atoms with Gasteiger partial charge in [-0.2, -0.15) is 0 Å². The lowest BCUT2D eigenvalue weighted by Crippen LogP contribution is -1.99. The molecule has 0 aliphatic heterocycles. The first-order valence-electron chi connectivity index (χ1n) is 19.0. The van der Waals surface area contributed by atoms with Crippen molar-refractivity contribution in [3.05, 3.63) is 211 Å². The highest BCUT2D eigenvalue weighted by atomic mass is 16.3. The van der Waals surface area contributed by atoms with Crippen LogP contribution in [0, 0.1) is 0 Å². The summed E-state index contributed by atoms with van der Waals surface area (Å²) in [5.74, 6) is 0.202. The minimum absolute atomic E-state index is 0.202. The predicted molar refractivity (Wildman–Crippen MR) is 229 cm³/mol. The first-order chi connectivity index (χ1) is 27.3. The molecule has 11 aromatic rings. The van der Waals surface area contributed by atoms with Gasteiger partial charge < -0.3 is 8.98 Å². The fourth-order valence-corrected chi connectivity index (χ4v) is 9.45. The second-order valence-corrected chi connectivity index (χ2v) is 14.8. The molecule has 2 heteroatoms. The molecule has 0 bridgehead atoms. The van der Waals surface area contributed by atoms with E-state index in [1.165, 1.54) is 77.1 Å². The lowest BCUT2D eigenvalue weighted by molar-refractivity contribution is 0.669. The number of hydrogen-bond acceptors (Lipinski definition) is 1. The van der Waals surface area contributed by atoms with Gasteiger partial charge in [0.25, 0.3) is 0 Å². The molecule has 12 rings (SSSR count). The van der Waals surface area contributed by atoms with Crippen LogP contribution in [0.2, 0.25) is 0 Å². The van der Waals surface area contributed by atoms with Gasteiger partial charge in [-0.05, 0) is 97.9 Å². The van der Waals surface area contributed by atoms with Crippen LogP contribution >= 0.6 is 0 Å². The van der Waals surface area contributed by atoms with Gasteiger partial charge in [0.15, 0.2) is 0 Å². The molecule has 2 heterocycles. The Kier molecular flexibility index (Phi) is 6.43. The molecule has 1 aliphatic rings. The summed E-state index contributed by atoms with van der Waals surface area (Å²) in [7, 11) is 0. The Hall–Kier alpha value is -7.16. The quantitative estimate of drug-likeness (QED) is 0.179. The summed E-state index contributed by atoms with van der Waals surface area (Å²) in [5, 5.41) is 7.19. The van der Waals surface area contributed by atoms with Gasteiger partial charge in [0.2, 0.25) is 0 Å². The van der Waals surface area contributed by atoms with E-state index in [1.807, 2.05) is 6.07 Å². The molecule has 0 saturated heterocycles. The zero-order chi connectivity index (χ0) is 36.0. The highest BCUT2D eigenvalue weighted by Gasteiger charge is 2.30. The number of nitrogens with zero attached hydrogens (tertiary/aromatic N) is 1. The Morgan fingerprint density at radius 1 is 0.382 bits per heavy atom. The molecule has 9 aromatic carbocycles. The van der Waals surface area contributed by atoms with Gasteiger partial charge in [-0.15, -0.1) is 0 Å². The van der Waals surface area contributed by atoms with Crippen molar-refractivity contribution in [2.24, 2.45) is 0 Å². The monoisotopic (exact) mass is 699 g/mol. The summed E-state index contributed by atoms with van der Waals surface area (Å²) in [4.78, 5) is 0. The maximum absolute atomic E-state index is 6.35. The number of aromatic nitrogens is 1. The molecule has 0 radical (unpaired) electrons. The van der Waals surface area contributed by atoms with Gasteiger partial charge in [0.05, 0.1) is 16.7 Å². The van der Waals surface area contributed by atoms with E-state index >= 15 is 0 Å². The smallest absolute Gasteiger partial charge is 0.136 e. The van der Waals surface area contributed by atoms with Crippen molar-refractivity contribution in [1.82, 2.24) is 4.57 Å². The number of hydrogen-bond donors (Lipinski definition) is 0. The molecule has 1 aliphatic carbocycles. The lowest BCUT2D eigenvalue weighted by atomic mass is 9.88. The molecule has 2 aromatic heterocycles. The minimum atomic E-state index is 0.202. The van der Waals surface area contributed by atoms with Crippen LogP contribution in [0.3, 0.4) is 0 Å². The van der Waals surface area contributed by atoms with E-state index in [0.717, 1.165) is 33.2 Å². The lowest BCUT2D eigenvalue weighted by Gasteiger charge is -2.16. The summed E-state index contributed by atoms with van der Waals surface area (Å²) < 4.78 is 8.84. The summed E-state index contributed by atoms with van der Waals surface area (Å²) in [6.07, 6.45) is 0. The number of para-hydroxylation sites is 2. The van der Waals surface area contributed by atoms with Gasteiger partial charge in [0, 0.05) is 32.8 Å². The Balaban J connectivity index is 1.09. The fourth-order valence-electron chi connectivity index (χ4n) is 9.45. The Morgan fingerprint density at radius 3 is 1.98 bits per heavy atom. The molecular weight excluding hydrogens is 667 g/mol. The molecule has 1 unspecified atom stereocenters. The normalized spacial score (nSPS) is 13.6. The Morgan fingerprint density at radius 2 is 1.05 bits per heavy atom. The number of benzene rings is 9. The van der Waals surface area contributed by atoms with Crippen molar-refractivity contribution < 1.29 is 4.42 Å². The van der Waals surface area contributed by atoms with Crippen LogP contribution in [-0.2, 0) is 0 Å². The van der Waals surface area contributed by atoms with E-state index in [1.54, 1.807) is 0 Å². The molecular formula is C53H33NO. The van der Waals surface area contributed by atoms with Gasteiger partial charge in [-0.3, -0.25) is 0 Å². The number of fused-ring (bicyclic) bond motifs is 10. The largest absolute Gasteiger partial charge is 0.456 e. The Labute approximate surface area is 318 Å². The van der Waals surface area contributed by atoms with Crippen LogP contribution in [-0.4, -0.2) is 4.57 Å². The Bertz CT molecular complexity index is 3330. The first-order valence-corrected chi connectivity index (χ1v) is 19.0. The summed E-state index contributed by atoms with van der Waals surface area (Å²) in [6.45, 7) is 0. The molecule has 0 N–H and O–H groups in total. The zero-order valence-corrected chi connectivity index (χ0v) is 29.9. The zero-order valence-electron chi connectivity index (χ0n) is 29.9. The molecule has 0 spiro atoms. The third-order valence-corrected chi connectivity index (χ3v) is 11.9. The molecule has 0 amide bonds. The van der Waals surface area contributed by atoms with E-state index in [4.69, 9.17) is 4.42 Å². The maximum Gasteiger partial charge on any atom is 0.136 e. The van der Waals surface area contributed by atoms with Gasteiger partial charge in [0.1, 0.15) is 11.2 Å². The van der Waals surface area contributed by atoms with E-state index in [0.29, 0.717) is 0 Å². The fraction of sp³-hybridized carbons (Fsp3) is 0.0189. The van der Waals surface area contributed by atoms with Crippen molar-refractivity contribution in [2.75, 3.05) is 0 Å². The molecule has 0 saturated carbocycles. The second-order valence-electron chi connectivity index (χ2n) is 14.8.